The maximum atomic E-state index is 10.9. The van der Waals surface area contributed by atoms with Crippen molar-refractivity contribution in [2.75, 3.05) is 0 Å². The molecule has 0 aliphatic rings. The number of carbonyl (C=O) groups is 1. The summed E-state index contributed by atoms with van der Waals surface area (Å²) in [4.78, 5) is 10.9. The number of hydrogen-bond donors (Lipinski definition) is 0. The Balaban J connectivity index is 2.51. The Kier molecular flexibility index (Phi) is 1.97. The van der Waals surface area contributed by atoms with Crippen molar-refractivity contribution >= 4 is 27.8 Å². The van der Waals surface area contributed by atoms with Gasteiger partial charge in [0, 0.05) is 5.56 Å². The van der Waals surface area contributed by atoms with Crippen molar-refractivity contribution in [1.82, 2.24) is 0 Å². The first kappa shape index (κ1) is 9.10. The average molecular weight is 205 g/mol. The van der Waals surface area contributed by atoms with Gasteiger partial charge in [-0.3, -0.25) is 4.79 Å². The van der Waals surface area contributed by atoms with Crippen LogP contribution in [0.1, 0.15) is 10.4 Å². The molecule has 0 aliphatic carbocycles. The van der Waals surface area contributed by atoms with Crippen LogP contribution in [0.3, 0.4) is 0 Å². The van der Waals surface area contributed by atoms with Crippen LogP contribution in [0, 0.1) is 6.07 Å². The van der Waals surface area contributed by atoms with Gasteiger partial charge in [0.15, 0.2) is 6.29 Å². The van der Waals surface area contributed by atoms with Crippen LogP contribution < -0.4 is 0 Å². The lowest BCUT2D eigenvalue weighted by Gasteiger charge is -2.03. The van der Waals surface area contributed by atoms with E-state index in [-0.39, 0.29) is 0 Å². The highest BCUT2D eigenvalue weighted by atomic mass is 16.1. The van der Waals surface area contributed by atoms with E-state index in [1.807, 2.05) is 36.4 Å². The van der Waals surface area contributed by atoms with Crippen molar-refractivity contribution in [3.8, 4) is 0 Å². The summed E-state index contributed by atoms with van der Waals surface area (Å²) < 4.78 is 0. The van der Waals surface area contributed by atoms with Crippen molar-refractivity contribution in [2.24, 2.45) is 0 Å². The predicted octanol–water partition coefficient (Wildman–Crippen LogP) is 3.61. The lowest BCUT2D eigenvalue weighted by molar-refractivity contribution is 0.112. The van der Waals surface area contributed by atoms with Gasteiger partial charge in [0.25, 0.3) is 0 Å². The molecule has 0 heterocycles. The Bertz CT molecular complexity index is 683. The van der Waals surface area contributed by atoms with Crippen molar-refractivity contribution in [1.29, 1.82) is 0 Å². The molecular weight excluding hydrogens is 196 g/mol. The first-order valence-electron chi connectivity index (χ1n) is 5.17. The van der Waals surface area contributed by atoms with Crippen molar-refractivity contribution < 1.29 is 4.79 Å². The highest BCUT2D eigenvalue weighted by Crippen LogP contribution is 2.24. The molecule has 3 aromatic carbocycles. The van der Waals surface area contributed by atoms with E-state index in [4.69, 9.17) is 0 Å². The number of carbonyl (C=O) groups excluding carboxylic acids is 1. The third-order valence-electron chi connectivity index (χ3n) is 2.82. The minimum absolute atomic E-state index is 0.733. The molecule has 0 saturated heterocycles. The lowest BCUT2D eigenvalue weighted by Crippen LogP contribution is -1.83. The highest BCUT2D eigenvalue weighted by Gasteiger charge is 2.01. The molecular formula is C15H9O. The Hall–Kier alpha value is -2.15. The smallest absolute Gasteiger partial charge is 0.150 e. The molecule has 0 amide bonds. The predicted molar refractivity (Wildman–Crippen MR) is 65.7 cm³/mol. The van der Waals surface area contributed by atoms with E-state index in [0.717, 1.165) is 33.4 Å². The van der Waals surface area contributed by atoms with E-state index in [1.54, 1.807) is 0 Å². The van der Waals surface area contributed by atoms with Crippen molar-refractivity contribution in [2.45, 2.75) is 0 Å². The number of hydrogen-bond acceptors (Lipinski definition) is 1. The van der Waals surface area contributed by atoms with E-state index in [0.29, 0.717) is 0 Å². The molecule has 1 nitrogen and oxygen atoms in total. The third-order valence-corrected chi connectivity index (χ3v) is 2.82. The van der Waals surface area contributed by atoms with Crippen molar-refractivity contribution in [3.63, 3.8) is 0 Å². The van der Waals surface area contributed by atoms with Gasteiger partial charge in [-0.05, 0) is 39.7 Å². The topological polar surface area (TPSA) is 17.1 Å². The van der Waals surface area contributed by atoms with Gasteiger partial charge >= 0.3 is 0 Å². The van der Waals surface area contributed by atoms with Gasteiger partial charge in [-0.15, -0.1) is 0 Å². The fourth-order valence-electron chi connectivity index (χ4n) is 2.02. The van der Waals surface area contributed by atoms with Gasteiger partial charge in [-0.1, -0.05) is 36.4 Å². The summed E-state index contributed by atoms with van der Waals surface area (Å²) in [5.74, 6) is 0. The van der Waals surface area contributed by atoms with Crippen LogP contribution in [0.25, 0.3) is 21.5 Å². The molecule has 0 saturated carbocycles. The molecule has 0 N–H and O–H groups in total. The Morgan fingerprint density at radius 2 is 1.88 bits per heavy atom. The average Bonchev–Trinajstić information content (AvgIpc) is 2.35. The lowest BCUT2D eigenvalue weighted by atomic mass is 10.0. The fourth-order valence-corrected chi connectivity index (χ4v) is 2.02. The zero-order valence-electron chi connectivity index (χ0n) is 8.60. The minimum atomic E-state index is 0.733. The second kappa shape index (κ2) is 3.46. The number of fused-ring (bicyclic) bond motifs is 2. The largest absolute Gasteiger partial charge is 0.298 e. The van der Waals surface area contributed by atoms with E-state index in [9.17, 15) is 4.79 Å². The van der Waals surface area contributed by atoms with E-state index in [2.05, 4.69) is 18.2 Å². The second-order valence-electron chi connectivity index (χ2n) is 3.80. The summed E-state index contributed by atoms with van der Waals surface area (Å²) in [7, 11) is 0. The molecule has 0 aliphatic heterocycles. The zero-order valence-corrected chi connectivity index (χ0v) is 8.60. The Labute approximate surface area is 93.3 Å². The molecule has 0 fully saturated rings. The van der Waals surface area contributed by atoms with E-state index in [1.165, 1.54) is 0 Å². The SMILES string of the molecule is O=Cc1cccc2cc3ccc[c]c3cc12. The van der Waals surface area contributed by atoms with E-state index >= 15 is 0 Å². The summed E-state index contributed by atoms with van der Waals surface area (Å²) >= 11 is 0. The third kappa shape index (κ3) is 1.29. The van der Waals surface area contributed by atoms with Gasteiger partial charge in [0.05, 0.1) is 0 Å². The summed E-state index contributed by atoms with van der Waals surface area (Å²) in [6.07, 6.45) is 0.900. The van der Waals surface area contributed by atoms with Gasteiger partial charge in [0.1, 0.15) is 0 Å². The molecule has 0 aromatic heterocycles. The van der Waals surface area contributed by atoms with E-state index < -0.39 is 0 Å². The van der Waals surface area contributed by atoms with Crippen LogP contribution >= 0.6 is 0 Å². The van der Waals surface area contributed by atoms with Crippen LogP contribution in [0.5, 0.6) is 0 Å². The molecule has 0 bridgehead atoms. The monoisotopic (exact) mass is 205 g/mol. The summed E-state index contributed by atoms with van der Waals surface area (Å²) in [5, 5.41) is 4.28. The maximum Gasteiger partial charge on any atom is 0.150 e. The molecule has 0 spiro atoms. The van der Waals surface area contributed by atoms with Crippen LogP contribution in [-0.4, -0.2) is 6.29 Å². The Morgan fingerprint density at radius 1 is 1.00 bits per heavy atom. The molecule has 0 atom stereocenters. The summed E-state index contributed by atoms with van der Waals surface area (Å²) in [6.45, 7) is 0. The molecule has 3 rings (SSSR count). The first-order valence-corrected chi connectivity index (χ1v) is 5.17. The van der Waals surface area contributed by atoms with Gasteiger partial charge in [-0.25, -0.2) is 0 Å². The highest BCUT2D eigenvalue weighted by molar-refractivity contribution is 6.04. The van der Waals surface area contributed by atoms with Crippen molar-refractivity contribution in [3.05, 3.63) is 60.2 Å². The Morgan fingerprint density at radius 3 is 2.75 bits per heavy atom. The van der Waals surface area contributed by atoms with Crippen LogP contribution in [-0.2, 0) is 0 Å². The second-order valence-corrected chi connectivity index (χ2v) is 3.80. The standard InChI is InChI=1S/C15H9O/c16-10-14-7-3-6-13-8-11-4-1-2-5-12(11)9-15(13)14/h1-4,6-10H. The fraction of sp³-hybridized carbons (Fsp3) is 0. The quantitative estimate of drug-likeness (QED) is 0.438. The van der Waals surface area contributed by atoms with Gasteiger partial charge < -0.3 is 0 Å². The summed E-state index contributed by atoms with van der Waals surface area (Å²) in [6, 6.07) is 19.0. The number of rotatable bonds is 1. The summed E-state index contributed by atoms with van der Waals surface area (Å²) in [5.41, 5.74) is 0.733. The normalized spacial score (nSPS) is 10.8. The molecule has 75 valence electrons. The van der Waals surface area contributed by atoms with Gasteiger partial charge in [-0.2, -0.15) is 0 Å². The zero-order chi connectivity index (χ0) is 11.0. The van der Waals surface area contributed by atoms with Crippen LogP contribution in [0.2, 0.25) is 0 Å². The molecule has 16 heavy (non-hydrogen) atoms. The molecule has 1 heteroatoms. The van der Waals surface area contributed by atoms with Gasteiger partial charge in [0.2, 0.25) is 0 Å². The number of benzene rings is 3. The minimum Gasteiger partial charge on any atom is -0.298 e. The van der Waals surface area contributed by atoms with Crippen LogP contribution in [0.15, 0.2) is 48.5 Å². The molecule has 3 aromatic rings. The van der Waals surface area contributed by atoms with Crippen LogP contribution in [0.4, 0.5) is 0 Å². The molecule has 1 radical (unpaired) electrons. The molecule has 0 unspecified atom stereocenters. The maximum absolute atomic E-state index is 10.9. The first-order chi connectivity index (χ1) is 7.88. The number of aldehydes is 1.